The van der Waals surface area contributed by atoms with Crippen LogP contribution in [-0.4, -0.2) is 37.2 Å². The summed E-state index contributed by atoms with van der Waals surface area (Å²) in [6, 6.07) is 18.8. The van der Waals surface area contributed by atoms with Crippen LogP contribution in [0.3, 0.4) is 0 Å². The number of rotatable bonds is 5. The van der Waals surface area contributed by atoms with E-state index in [1.165, 1.54) is 17.1 Å². The molecule has 2 aromatic carbocycles. The van der Waals surface area contributed by atoms with Gasteiger partial charge >= 0.3 is 0 Å². The molecule has 0 aliphatic heterocycles. The molecule has 0 saturated heterocycles. The number of benzene rings is 2. The molecule has 0 bridgehead atoms. The zero-order valence-corrected chi connectivity index (χ0v) is 17.7. The van der Waals surface area contributed by atoms with E-state index in [0.29, 0.717) is 16.8 Å². The number of fused-ring (bicyclic) bond motifs is 2. The maximum atomic E-state index is 13.0. The molecule has 0 radical (unpaired) electrons. The lowest BCUT2D eigenvalue weighted by molar-refractivity contribution is -0.132. The number of aromatic nitrogens is 4. The molecule has 1 amide bonds. The van der Waals surface area contributed by atoms with Crippen LogP contribution in [-0.2, 0) is 11.3 Å². The quantitative estimate of drug-likeness (QED) is 0.428. The lowest BCUT2D eigenvalue weighted by atomic mass is 10.2. The molecule has 0 saturated carbocycles. The molecule has 5 aromatic rings. The van der Waals surface area contributed by atoms with E-state index in [1.807, 2.05) is 67.6 Å². The number of nitrogens with zero attached hydrogens (tertiary/aromatic N) is 5. The molecule has 8 nitrogen and oxygen atoms in total. The minimum absolute atomic E-state index is 0.126. The van der Waals surface area contributed by atoms with Gasteiger partial charge in [0, 0.05) is 12.4 Å². The molecule has 0 N–H and O–H groups in total. The van der Waals surface area contributed by atoms with E-state index >= 15 is 0 Å². The number of hydrogen-bond donors (Lipinski definition) is 0. The Morgan fingerprint density at radius 3 is 2.66 bits per heavy atom. The van der Waals surface area contributed by atoms with Gasteiger partial charge in [-0.3, -0.25) is 14.2 Å². The Hall–Kier alpha value is -4.20. The van der Waals surface area contributed by atoms with E-state index in [0.717, 1.165) is 16.7 Å². The summed E-state index contributed by atoms with van der Waals surface area (Å²) in [4.78, 5) is 31.9. The van der Waals surface area contributed by atoms with Gasteiger partial charge in [0.25, 0.3) is 5.56 Å². The van der Waals surface area contributed by atoms with E-state index in [-0.39, 0.29) is 24.1 Å². The van der Waals surface area contributed by atoms with Crippen LogP contribution in [0.15, 0.2) is 82.4 Å². The first-order chi connectivity index (χ1) is 15.5. The molecule has 3 heterocycles. The molecular weight excluding hydrogens is 406 g/mol. The maximum Gasteiger partial charge on any atom is 0.264 e. The third kappa shape index (κ3) is 3.35. The minimum atomic E-state index is -0.310. The summed E-state index contributed by atoms with van der Waals surface area (Å²) in [6.45, 7) is 1.77. The SMILES string of the molecule is CC(c1cc2ccccc2o1)N(C)C(=O)Cn1cnc2c(cnn2-c2ccccc2)c1=O. The average molecular weight is 427 g/mol. The first-order valence-electron chi connectivity index (χ1n) is 10.3. The standard InChI is InChI=1S/C24H21N5O3/c1-16(21-12-17-8-6-7-11-20(17)32-21)27(2)22(30)14-28-15-25-23-19(24(28)31)13-26-29(23)18-9-4-3-5-10-18/h3-13,15-16H,14H2,1-2H3. The molecule has 160 valence electrons. The summed E-state index contributed by atoms with van der Waals surface area (Å²) >= 11 is 0. The number of carbonyl (C=O) groups excluding carboxylic acids is 1. The highest BCUT2D eigenvalue weighted by Gasteiger charge is 2.22. The van der Waals surface area contributed by atoms with Crippen molar-refractivity contribution < 1.29 is 9.21 Å². The third-order valence-corrected chi connectivity index (χ3v) is 5.69. The summed E-state index contributed by atoms with van der Waals surface area (Å²) in [7, 11) is 1.70. The molecule has 5 rings (SSSR count). The lowest BCUT2D eigenvalue weighted by Crippen LogP contribution is -2.35. The molecule has 0 spiro atoms. The molecule has 8 heteroatoms. The van der Waals surface area contributed by atoms with Crippen LogP contribution in [0.5, 0.6) is 0 Å². The smallest absolute Gasteiger partial charge is 0.264 e. The van der Waals surface area contributed by atoms with Crippen molar-refractivity contribution in [1.82, 2.24) is 24.2 Å². The van der Waals surface area contributed by atoms with E-state index in [1.54, 1.807) is 16.6 Å². The number of likely N-dealkylation sites (N-methyl/N-ethyl adjacent to an activating group) is 1. The normalized spacial score (nSPS) is 12.3. The van der Waals surface area contributed by atoms with Gasteiger partial charge in [-0.15, -0.1) is 0 Å². The summed E-state index contributed by atoms with van der Waals surface area (Å²) in [5.74, 6) is 0.462. The van der Waals surface area contributed by atoms with Crippen molar-refractivity contribution in [2.75, 3.05) is 7.05 Å². The first kappa shape index (κ1) is 19.7. The monoisotopic (exact) mass is 427 g/mol. The Bertz CT molecular complexity index is 1450. The second-order valence-electron chi connectivity index (χ2n) is 7.67. The van der Waals surface area contributed by atoms with Crippen LogP contribution >= 0.6 is 0 Å². The van der Waals surface area contributed by atoms with Crippen molar-refractivity contribution in [1.29, 1.82) is 0 Å². The Morgan fingerprint density at radius 1 is 1.12 bits per heavy atom. The number of hydrogen-bond acceptors (Lipinski definition) is 5. The van der Waals surface area contributed by atoms with Crippen LogP contribution in [0, 0.1) is 0 Å². The molecule has 0 aliphatic carbocycles. The third-order valence-electron chi connectivity index (χ3n) is 5.69. The van der Waals surface area contributed by atoms with Crippen LogP contribution in [0.1, 0.15) is 18.7 Å². The average Bonchev–Trinajstić information content (AvgIpc) is 3.45. The highest BCUT2D eigenvalue weighted by Crippen LogP contribution is 2.26. The van der Waals surface area contributed by atoms with Gasteiger partial charge in [-0.05, 0) is 31.2 Å². The highest BCUT2D eigenvalue weighted by molar-refractivity contribution is 5.80. The van der Waals surface area contributed by atoms with Gasteiger partial charge < -0.3 is 9.32 Å². The lowest BCUT2D eigenvalue weighted by Gasteiger charge is -2.23. The summed E-state index contributed by atoms with van der Waals surface area (Å²) in [5.41, 5.74) is 1.73. The summed E-state index contributed by atoms with van der Waals surface area (Å²) in [5, 5.41) is 5.64. The van der Waals surface area contributed by atoms with E-state index < -0.39 is 0 Å². The van der Waals surface area contributed by atoms with Crippen molar-refractivity contribution >= 4 is 27.9 Å². The Balaban J connectivity index is 1.39. The van der Waals surface area contributed by atoms with Gasteiger partial charge in [0.15, 0.2) is 5.65 Å². The van der Waals surface area contributed by atoms with Crippen LogP contribution in [0.2, 0.25) is 0 Å². The topological polar surface area (TPSA) is 86.2 Å². The molecule has 0 fully saturated rings. The van der Waals surface area contributed by atoms with Crippen LogP contribution in [0.25, 0.3) is 27.7 Å². The van der Waals surface area contributed by atoms with E-state index in [9.17, 15) is 9.59 Å². The number of carbonyl (C=O) groups is 1. The molecule has 1 unspecified atom stereocenters. The maximum absolute atomic E-state index is 13.0. The first-order valence-corrected chi connectivity index (χ1v) is 10.3. The number of amides is 1. The van der Waals surface area contributed by atoms with Crippen molar-refractivity contribution in [2.45, 2.75) is 19.5 Å². The predicted molar refractivity (Wildman–Crippen MR) is 121 cm³/mol. The fourth-order valence-electron chi connectivity index (χ4n) is 3.69. The highest BCUT2D eigenvalue weighted by atomic mass is 16.3. The predicted octanol–water partition coefficient (Wildman–Crippen LogP) is 3.55. The Labute approximate surface area is 183 Å². The molecule has 3 aromatic heterocycles. The van der Waals surface area contributed by atoms with Crippen molar-refractivity contribution in [2.24, 2.45) is 0 Å². The van der Waals surface area contributed by atoms with Crippen molar-refractivity contribution in [3.63, 3.8) is 0 Å². The van der Waals surface area contributed by atoms with Gasteiger partial charge in [0.1, 0.15) is 29.6 Å². The van der Waals surface area contributed by atoms with Crippen molar-refractivity contribution in [3.05, 3.63) is 89.3 Å². The zero-order chi connectivity index (χ0) is 22.2. The van der Waals surface area contributed by atoms with Gasteiger partial charge in [-0.2, -0.15) is 5.10 Å². The molecular formula is C24H21N5O3. The summed E-state index contributed by atoms with van der Waals surface area (Å²) < 4.78 is 8.81. The molecule has 1 atom stereocenters. The van der Waals surface area contributed by atoms with Gasteiger partial charge in [-0.1, -0.05) is 36.4 Å². The van der Waals surface area contributed by atoms with Crippen LogP contribution in [0.4, 0.5) is 0 Å². The number of furan rings is 1. The second kappa shape index (κ2) is 7.81. The summed E-state index contributed by atoms with van der Waals surface area (Å²) in [6.07, 6.45) is 2.88. The molecule has 0 aliphatic rings. The second-order valence-corrected chi connectivity index (χ2v) is 7.67. The van der Waals surface area contributed by atoms with Gasteiger partial charge in [0.2, 0.25) is 5.91 Å². The van der Waals surface area contributed by atoms with Gasteiger partial charge in [-0.25, -0.2) is 9.67 Å². The molecule has 32 heavy (non-hydrogen) atoms. The van der Waals surface area contributed by atoms with E-state index in [4.69, 9.17) is 4.42 Å². The number of para-hydroxylation sites is 2. The largest absolute Gasteiger partial charge is 0.459 e. The van der Waals surface area contributed by atoms with E-state index in [2.05, 4.69) is 10.1 Å². The zero-order valence-electron chi connectivity index (χ0n) is 17.7. The van der Waals surface area contributed by atoms with Crippen LogP contribution < -0.4 is 5.56 Å². The minimum Gasteiger partial charge on any atom is -0.459 e. The Morgan fingerprint density at radius 2 is 1.88 bits per heavy atom. The van der Waals surface area contributed by atoms with Crippen molar-refractivity contribution in [3.8, 4) is 5.69 Å². The Kier molecular flexibility index (Phi) is 4.82. The van der Waals surface area contributed by atoms with Gasteiger partial charge in [0.05, 0.1) is 17.9 Å². The fraction of sp³-hybridized carbons (Fsp3) is 0.167. The fourth-order valence-corrected chi connectivity index (χ4v) is 3.69.